The smallest absolute Gasteiger partial charge is 0.244 e. The predicted octanol–water partition coefficient (Wildman–Crippen LogP) is 3.84. The summed E-state index contributed by atoms with van der Waals surface area (Å²) in [7, 11) is 0. The molecule has 0 radical (unpaired) electrons. The second-order valence-corrected chi connectivity index (χ2v) is 5.46. The third-order valence-corrected chi connectivity index (χ3v) is 3.81. The van der Waals surface area contributed by atoms with Crippen LogP contribution in [0.5, 0.6) is 0 Å². The minimum Gasteiger partial charge on any atom is -0.273 e. The number of hydrazone groups is 1. The molecule has 0 saturated carbocycles. The number of hydrogen-bond acceptors (Lipinski definition) is 2. The Morgan fingerprint density at radius 1 is 1.00 bits per heavy atom. The number of rotatable bonds is 4. The van der Waals surface area contributed by atoms with Gasteiger partial charge >= 0.3 is 0 Å². The molecule has 0 heterocycles. The van der Waals surface area contributed by atoms with Crippen LogP contribution in [-0.4, -0.2) is 12.1 Å². The van der Waals surface area contributed by atoms with Gasteiger partial charge in [0.1, 0.15) is 0 Å². The van der Waals surface area contributed by atoms with Gasteiger partial charge in [-0.05, 0) is 34.4 Å². The van der Waals surface area contributed by atoms with Crippen LogP contribution in [0.1, 0.15) is 16.7 Å². The first kappa shape index (κ1) is 15.0. The van der Waals surface area contributed by atoms with Crippen LogP contribution >= 0.6 is 0 Å². The normalized spacial score (nSPS) is 11.0. The topological polar surface area (TPSA) is 41.5 Å². The number of nitrogens with zero attached hydrogens (tertiary/aromatic N) is 1. The third kappa shape index (κ3) is 3.64. The number of amides is 1. The first-order chi connectivity index (χ1) is 11.2. The van der Waals surface area contributed by atoms with Crippen molar-refractivity contribution in [2.75, 3.05) is 0 Å². The highest BCUT2D eigenvalue weighted by molar-refractivity contribution is 5.90. The lowest BCUT2D eigenvalue weighted by Gasteiger charge is -2.05. The Kier molecular flexibility index (Phi) is 4.48. The lowest BCUT2D eigenvalue weighted by Crippen LogP contribution is -2.20. The van der Waals surface area contributed by atoms with Crippen LogP contribution in [0.2, 0.25) is 0 Å². The van der Waals surface area contributed by atoms with Crippen LogP contribution in [0.25, 0.3) is 10.8 Å². The van der Waals surface area contributed by atoms with Gasteiger partial charge in [-0.2, -0.15) is 5.10 Å². The summed E-state index contributed by atoms with van der Waals surface area (Å²) in [4.78, 5) is 12.1. The van der Waals surface area contributed by atoms with Gasteiger partial charge in [0.2, 0.25) is 5.91 Å². The average Bonchev–Trinajstić information content (AvgIpc) is 2.57. The highest BCUT2D eigenvalue weighted by atomic mass is 16.2. The zero-order chi connectivity index (χ0) is 16.1. The van der Waals surface area contributed by atoms with Crippen molar-refractivity contribution in [2.45, 2.75) is 13.3 Å². The first-order valence-electron chi connectivity index (χ1n) is 7.58. The molecule has 0 fully saturated rings. The Labute approximate surface area is 135 Å². The van der Waals surface area contributed by atoms with Gasteiger partial charge in [-0.25, -0.2) is 5.43 Å². The molecule has 3 aromatic carbocycles. The van der Waals surface area contributed by atoms with Crippen molar-refractivity contribution in [3.05, 3.63) is 83.4 Å². The molecule has 0 aliphatic carbocycles. The minimum absolute atomic E-state index is 0.119. The molecular formula is C20H18N2O. The van der Waals surface area contributed by atoms with E-state index >= 15 is 0 Å². The van der Waals surface area contributed by atoms with E-state index in [0.717, 1.165) is 27.5 Å². The minimum atomic E-state index is -0.119. The Morgan fingerprint density at radius 3 is 2.61 bits per heavy atom. The number of benzene rings is 3. The highest BCUT2D eigenvalue weighted by Crippen LogP contribution is 2.18. The molecule has 3 nitrogen and oxygen atoms in total. The fourth-order valence-electron chi connectivity index (χ4n) is 2.56. The Morgan fingerprint density at radius 2 is 1.74 bits per heavy atom. The maximum absolute atomic E-state index is 12.1. The van der Waals surface area contributed by atoms with Crippen molar-refractivity contribution >= 4 is 22.9 Å². The molecule has 0 bridgehead atoms. The molecule has 0 saturated heterocycles. The maximum atomic E-state index is 12.1. The predicted molar refractivity (Wildman–Crippen MR) is 94.6 cm³/mol. The number of nitrogens with one attached hydrogen (secondary N) is 1. The molecule has 0 aliphatic heterocycles. The highest BCUT2D eigenvalue weighted by Gasteiger charge is 2.05. The van der Waals surface area contributed by atoms with Crippen molar-refractivity contribution in [3.8, 4) is 0 Å². The number of aryl methyl sites for hydroxylation is 1. The van der Waals surface area contributed by atoms with Crippen molar-refractivity contribution in [1.82, 2.24) is 5.43 Å². The van der Waals surface area contributed by atoms with Gasteiger partial charge in [0.05, 0.1) is 12.6 Å². The Bertz CT molecular complexity index is 863. The van der Waals surface area contributed by atoms with Crippen molar-refractivity contribution in [2.24, 2.45) is 5.10 Å². The van der Waals surface area contributed by atoms with Gasteiger partial charge in [0.15, 0.2) is 0 Å². The summed E-state index contributed by atoms with van der Waals surface area (Å²) < 4.78 is 0. The Balaban J connectivity index is 1.69. The molecule has 3 aromatic rings. The summed E-state index contributed by atoms with van der Waals surface area (Å²) in [6.07, 6.45) is 1.99. The number of hydrogen-bond donors (Lipinski definition) is 1. The van der Waals surface area contributed by atoms with Crippen LogP contribution in [0.3, 0.4) is 0 Å². The lowest BCUT2D eigenvalue weighted by atomic mass is 10.0. The quantitative estimate of drug-likeness (QED) is 0.577. The molecule has 0 unspecified atom stereocenters. The monoisotopic (exact) mass is 302 g/mol. The van der Waals surface area contributed by atoms with E-state index in [4.69, 9.17) is 0 Å². The van der Waals surface area contributed by atoms with Crippen LogP contribution < -0.4 is 5.43 Å². The SMILES string of the molecule is Cc1ccccc1C=NNC(=O)Cc1cccc2ccccc12. The molecule has 1 amide bonds. The summed E-state index contributed by atoms with van der Waals surface area (Å²) >= 11 is 0. The van der Waals surface area contributed by atoms with Gasteiger partial charge in [-0.15, -0.1) is 0 Å². The summed E-state index contributed by atoms with van der Waals surface area (Å²) in [6, 6.07) is 22.0. The molecular weight excluding hydrogens is 284 g/mol. The number of carbonyl (C=O) groups is 1. The van der Waals surface area contributed by atoms with Gasteiger partial charge in [0.25, 0.3) is 0 Å². The maximum Gasteiger partial charge on any atom is 0.244 e. The van der Waals surface area contributed by atoms with E-state index in [9.17, 15) is 4.79 Å². The first-order valence-corrected chi connectivity index (χ1v) is 7.58. The summed E-state index contributed by atoms with van der Waals surface area (Å²) in [5.41, 5.74) is 5.73. The van der Waals surface area contributed by atoms with E-state index in [1.807, 2.05) is 73.7 Å². The molecule has 23 heavy (non-hydrogen) atoms. The molecule has 0 atom stereocenters. The largest absolute Gasteiger partial charge is 0.273 e. The second-order valence-electron chi connectivity index (χ2n) is 5.46. The van der Waals surface area contributed by atoms with E-state index in [-0.39, 0.29) is 5.91 Å². The number of fused-ring (bicyclic) bond motifs is 1. The van der Waals surface area contributed by atoms with Gasteiger partial charge in [-0.3, -0.25) is 4.79 Å². The fourth-order valence-corrected chi connectivity index (χ4v) is 2.56. The Hall–Kier alpha value is -2.94. The summed E-state index contributed by atoms with van der Waals surface area (Å²) in [5.74, 6) is -0.119. The molecule has 3 heteroatoms. The van der Waals surface area contributed by atoms with Crippen LogP contribution in [0.4, 0.5) is 0 Å². The molecule has 3 rings (SSSR count). The van der Waals surface area contributed by atoms with E-state index in [1.165, 1.54) is 0 Å². The summed E-state index contributed by atoms with van der Waals surface area (Å²) in [5, 5.41) is 6.30. The van der Waals surface area contributed by atoms with Crippen molar-refractivity contribution < 1.29 is 4.79 Å². The molecule has 0 spiro atoms. The fraction of sp³-hybridized carbons (Fsp3) is 0.100. The van der Waals surface area contributed by atoms with E-state index in [0.29, 0.717) is 6.42 Å². The second kappa shape index (κ2) is 6.88. The van der Waals surface area contributed by atoms with Crippen LogP contribution in [-0.2, 0) is 11.2 Å². The van der Waals surface area contributed by atoms with Crippen LogP contribution in [0.15, 0.2) is 71.8 Å². The zero-order valence-electron chi connectivity index (χ0n) is 13.0. The molecule has 114 valence electrons. The zero-order valence-corrected chi connectivity index (χ0v) is 13.0. The molecule has 0 aromatic heterocycles. The van der Waals surface area contributed by atoms with E-state index < -0.39 is 0 Å². The van der Waals surface area contributed by atoms with Crippen molar-refractivity contribution in [1.29, 1.82) is 0 Å². The van der Waals surface area contributed by atoms with Gasteiger partial charge in [0, 0.05) is 0 Å². The molecule has 1 N–H and O–H groups in total. The van der Waals surface area contributed by atoms with E-state index in [2.05, 4.69) is 10.5 Å². The van der Waals surface area contributed by atoms with Gasteiger partial charge < -0.3 is 0 Å². The average molecular weight is 302 g/mol. The van der Waals surface area contributed by atoms with Gasteiger partial charge in [-0.1, -0.05) is 66.7 Å². The third-order valence-electron chi connectivity index (χ3n) is 3.81. The lowest BCUT2D eigenvalue weighted by molar-refractivity contribution is -0.120. The van der Waals surface area contributed by atoms with Crippen LogP contribution in [0, 0.1) is 6.92 Å². The standard InChI is InChI=1S/C20H18N2O/c1-15-7-2-3-9-18(15)14-21-22-20(23)13-17-11-6-10-16-8-4-5-12-19(16)17/h2-12,14H,13H2,1H3,(H,22,23). The molecule has 0 aliphatic rings. The number of carbonyl (C=O) groups excluding carboxylic acids is 1. The van der Waals surface area contributed by atoms with Crippen molar-refractivity contribution in [3.63, 3.8) is 0 Å². The summed E-state index contributed by atoms with van der Waals surface area (Å²) in [6.45, 7) is 2.01. The van der Waals surface area contributed by atoms with E-state index in [1.54, 1.807) is 6.21 Å².